The first kappa shape index (κ1) is 11.9. The summed E-state index contributed by atoms with van der Waals surface area (Å²) in [4.78, 5) is 0. The zero-order valence-electron chi connectivity index (χ0n) is 10.6. The van der Waals surface area contributed by atoms with E-state index in [2.05, 4.69) is 47.7 Å². The molecule has 0 saturated carbocycles. The Morgan fingerprint density at radius 3 is 2.59 bits per heavy atom. The Balaban J connectivity index is 1.97. The van der Waals surface area contributed by atoms with Crippen LogP contribution in [-0.4, -0.2) is 9.78 Å². The number of rotatable bonds is 4. The average molecular weight is 229 g/mol. The van der Waals surface area contributed by atoms with E-state index in [1.165, 1.54) is 11.3 Å². The molecule has 3 nitrogen and oxygen atoms in total. The second-order valence-corrected chi connectivity index (χ2v) is 4.41. The normalized spacial score (nSPS) is 12.6. The van der Waals surface area contributed by atoms with Crippen LogP contribution >= 0.6 is 0 Å². The van der Waals surface area contributed by atoms with E-state index in [9.17, 15) is 0 Å². The molecular formula is C14H19N3. The van der Waals surface area contributed by atoms with Crippen LogP contribution in [-0.2, 0) is 13.6 Å². The third-order valence-corrected chi connectivity index (χ3v) is 2.99. The highest BCUT2D eigenvalue weighted by molar-refractivity contribution is 5.18. The van der Waals surface area contributed by atoms with Crippen LogP contribution in [0.3, 0.4) is 0 Å². The summed E-state index contributed by atoms with van der Waals surface area (Å²) in [7, 11) is 1.98. The van der Waals surface area contributed by atoms with Gasteiger partial charge < -0.3 is 5.32 Å². The quantitative estimate of drug-likeness (QED) is 0.873. The Kier molecular flexibility index (Phi) is 3.59. The molecule has 0 fully saturated rings. The molecule has 1 atom stereocenters. The average Bonchev–Trinajstić information content (AvgIpc) is 2.66. The highest BCUT2D eigenvalue weighted by atomic mass is 15.3. The molecule has 2 rings (SSSR count). The Bertz CT molecular complexity index is 473. The maximum absolute atomic E-state index is 4.34. The minimum atomic E-state index is 0.353. The largest absolute Gasteiger partial charge is 0.305 e. The minimum Gasteiger partial charge on any atom is -0.305 e. The Hall–Kier alpha value is -1.61. The first-order valence-electron chi connectivity index (χ1n) is 5.94. The van der Waals surface area contributed by atoms with Crippen molar-refractivity contribution in [3.63, 3.8) is 0 Å². The molecule has 0 amide bonds. The molecule has 0 aliphatic carbocycles. The summed E-state index contributed by atoms with van der Waals surface area (Å²) in [6.07, 6.45) is 0. The van der Waals surface area contributed by atoms with Gasteiger partial charge in [-0.15, -0.1) is 0 Å². The first-order chi connectivity index (χ1) is 8.16. The third kappa shape index (κ3) is 2.94. The lowest BCUT2D eigenvalue weighted by Gasteiger charge is -2.14. The Morgan fingerprint density at radius 2 is 2.00 bits per heavy atom. The zero-order chi connectivity index (χ0) is 12.3. The van der Waals surface area contributed by atoms with Crippen molar-refractivity contribution in [2.45, 2.75) is 26.4 Å². The summed E-state index contributed by atoms with van der Waals surface area (Å²) >= 11 is 0. The molecule has 0 spiro atoms. The standard InChI is InChI=1S/C14H19N3/c1-11-9-14(17(3)16-11)10-15-12(2)13-7-5-4-6-8-13/h4-9,12,15H,10H2,1-3H3/t12-/m0/s1. The molecule has 0 aliphatic rings. The summed E-state index contributed by atoms with van der Waals surface area (Å²) in [6, 6.07) is 12.9. The van der Waals surface area contributed by atoms with Crippen LogP contribution in [0, 0.1) is 6.92 Å². The van der Waals surface area contributed by atoms with E-state index in [1.807, 2.05) is 24.7 Å². The van der Waals surface area contributed by atoms with Crippen molar-refractivity contribution in [1.82, 2.24) is 15.1 Å². The summed E-state index contributed by atoms with van der Waals surface area (Å²) in [5, 5.41) is 7.85. The predicted molar refractivity (Wildman–Crippen MR) is 69.6 cm³/mol. The number of nitrogens with zero attached hydrogens (tertiary/aromatic N) is 2. The van der Waals surface area contributed by atoms with Crippen molar-refractivity contribution < 1.29 is 0 Å². The van der Waals surface area contributed by atoms with Crippen LogP contribution < -0.4 is 5.32 Å². The summed E-state index contributed by atoms with van der Waals surface area (Å²) in [5.74, 6) is 0. The van der Waals surface area contributed by atoms with Gasteiger partial charge in [-0.25, -0.2) is 0 Å². The maximum atomic E-state index is 4.34. The highest BCUT2D eigenvalue weighted by Gasteiger charge is 2.06. The van der Waals surface area contributed by atoms with Crippen LogP contribution in [0.2, 0.25) is 0 Å². The van der Waals surface area contributed by atoms with Gasteiger partial charge in [-0.3, -0.25) is 4.68 Å². The molecule has 1 N–H and O–H groups in total. The van der Waals surface area contributed by atoms with Crippen molar-refractivity contribution in [3.05, 3.63) is 53.3 Å². The molecule has 2 aromatic rings. The van der Waals surface area contributed by atoms with Crippen LogP contribution in [0.4, 0.5) is 0 Å². The van der Waals surface area contributed by atoms with Gasteiger partial charge in [-0.2, -0.15) is 5.10 Å². The maximum Gasteiger partial charge on any atom is 0.0597 e. The number of aromatic nitrogens is 2. The van der Waals surface area contributed by atoms with Gasteiger partial charge in [0.05, 0.1) is 11.4 Å². The van der Waals surface area contributed by atoms with Crippen LogP contribution in [0.25, 0.3) is 0 Å². The van der Waals surface area contributed by atoms with E-state index in [-0.39, 0.29) is 0 Å². The monoisotopic (exact) mass is 229 g/mol. The van der Waals surface area contributed by atoms with E-state index < -0.39 is 0 Å². The fourth-order valence-corrected chi connectivity index (χ4v) is 1.95. The molecule has 0 radical (unpaired) electrons. The second-order valence-electron chi connectivity index (χ2n) is 4.41. The second kappa shape index (κ2) is 5.15. The molecule has 0 aliphatic heterocycles. The van der Waals surface area contributed by atoms with E-state index in [1.54, 1.807) is 0 Å². The molecule has 1 aromatic carbocycles. The Morgan fingerprint density at radius 1 is 1.29 bits per heavy atom. The SMILES string of the molecule is Cc1cc(CN[C@@H](C)c2ccccc2)n(C)n1. The number of benzene rings is 1. The summed E-state index contributed by atoms with van der Waals surface area (Å²) < 4.78 is 1.93. The zero-order valence-corrected chi connectivity index (χ0v) is 10.6. The Labute approximate surface area is 102 Å². The number of aryl methyl sites for hydroxylation is 2. The number of nitrogens with one attached hydrogen (secondary N) is 1. The van der Waals surface area contributed by atoms with Gasteiger partial charge in [-0.05, 0) is 25.5 Å². The van der Waals surface area contributed by atoms with Crippen molar-refractivity contribution in [2.24, 2.45) is 7.05 Å². The fraction of sp³-hybridized carbons (Fsp3) is 0.357. The molecule has 0 bridgehead atoms. The van der Waals surface area contributed by atoms with E-state index in [4.69, 9.17) is 0 Å². The van der Waals surface area contributed by atoms with E-state index in [0.717, 1.165) is 12.2 Å². The molecule has 0 saturated heterocycles. The molecule has 0 unspecified atom stereocenters. The van der Waals surface area contributed by atoms with Crippen LogP contribution in [0.5, 0.6) is 0 Å². The molecule has 1 heterocycles. The van der Waals surface area contributed by atoms with Crippen LogP contribution in [0.15, 0.2) is 36.4 Å². The topological polar surface area (TPSA) is 29.9 Å². The van der Waals surface area contributed by atoms with Gasteiger partial charge in [0, 0.05) is 19.6 Å². The molecule has 3 heteroatoms. The molecule has 1 aromatic heterocycles. The lowest BCUT2D eigenvalue weighted by Crippen LogP contribution is -2.19. The first-order valence-corrected chi connectivity index (χ1v) is 5.94. The van der Waals surface area contributed by atoms with E-state index in [0.29, 0.717) is 6.04 Å². The molecule has 17 heavy (non-hydrogen) atoms. The van der Waals surface area contributed by atoms with Crippen LogP contribution in [0.1, 0.15) is 29.9 Å². The number of hydrogen-bond donors (Lipinski definition) is 1. The smallest absolute Gasteiger partial charge is 0.0597 e. The fourth-order valence-electron chi connectivity index (χ4n) is 1.95. The summed E-state index contributed by atoms with van der Waals surface area (Å²) in [6.45, 7) is 5.04. The molecular weight excluding hydrogens is 210 g/mol. The van der Waals surface area contributed by atoms with Crippen molar-refractivity contribution in [3.8, 4) is 0 Å². The van der Waals surface area contributed by atoms with Gasteiger partial charge in [0.15, 0.2) is 0 Å². The van der Waals surface area contributed by atoms with Gasteiger partial charge in [0.2, 0.25) is 0 Å². The summed E-state index contributed by atoms with van der Waals surface area (Å²) in [5.41, 5.74) is 3.59. The molecule has 90 valence electrons. The van der Waals surface area contributed by atoms with Gasteiger partial charge >= 0.3 is 0 Å². The van der Waals surface area contributed by atoms with Crippen molar-refractivity contribution in [1.29, 1.82) is 0 Å². The van der Waals surface area contributed by atoms with Crippen molar-refractivity contribution >= 4 is 0 Å². The van der Waals surface area contributed by atoms with Gasteiger partial charge in [-0.1, -0.05) is 30.3 Å². The number of hydrogen-bond acceptors (Lipinski definition) is 2. The lowest BCUT2D eigenvalue weighted by molar-refractivity contribution is 0.548. The van der Waals surface area contributed by atoms with E-state index >= 15 is 0 Å². The highest BCUT2D eigenvalue weighted by Crippen LogP contribution is 2.12. The predicted octanol–water partition coefficient (Wildman–Crippen LogP) is 2.58. The lowest BCUT2D eigenvalue weighted by atomic mass is 10.1. The van der Waals surface area contributed by atoms with Gasteiger partial charge in [0.25, 0.3) is 0 Å². The minimum absolute atomic E-state index is 0.353. The van der Waals surface area contributed by atoms with Crippen molar-refractivity contribution in [2.75, 3.05) is 0 Å². The van der Waals surface area contributed by atoms with Gasteiger partial charge in [0.1, 0.15) is 0 Å². The third-order valence-electron chi connectivity index (χ3n) is 2.99.